The lowest BCUT2D eigenvalue weighted by molar-refractivity contribution is 0.393. The fraction of sp³-hybridized carbons (Fsp3) is 0.429. The molecule has 1 heterocycles. The average molecular weight is 153 g/mol. The molecule has 0 radical (unpaired) electrons. The predicted molar refractivity (Wildman–Crippen MR) is 41.2 cm³/mol. The molecule has 0 spiro atoms. The van der Waals surface area contributed by atoms with Crippen LogP contribution < -0.4 is 10.5 Å². The largest absolute Gasteiger partial charge is 0.481 e. The molecule has 0 amide bonds. The molecule has 0 aliphatic heterocycles. The van der Waals surface area contributed by atoms with Gasteiger partial charge in [0, 0.05) is 12.3 Å². The first-order valence-corrected chi connectivity index (χ1v) is 3.36. The quantitative estimate of drug-likeness (QED) is 0.672. The van der Waals surface area contributed by atoms with Crippen LogP contribution in [0.25, 0.3) is 0 Å². The van der Waals surface area contributed by atoms with Gasteiger partial charge in [-0.25, -0.2) is 4.98 Å². The van der Waals surface area contributed by atoms with Gasteiger partial charge in [-0.1, -0.05) is 0 Å². The number of nitrogens with zero attached hydrogens (tertiary/aromatic N) is 2. The summed E-state index contributed by atoms with van der Waals surface area (Å²) in [7, 11) is 1.56. The smallest absolute Gasteiger partial charge is 0.216 e. The lowest BCUT2D eigenvalue weighted by Gasteiger charge is -2.03. The number of hydrogen-bond donors (Lipinski definition) is 1. The summed E-state index contributed by atoms with van der Waals surface area (Å²) < 4.78 is 4.90. The average Bonchev–Trinajstić information content (AvgIpc) is 2.05. The number of ether oxygens (including phenoxy) is 1. The maximum absolute atomic E-state index is 5.56. The molecule has 60 valence electrons. The Kier molecular flexibility index (Phi) is 2.38. The number of nitrogens with two attached hydrogens (primary N) is 1. The van der Waals surface area contributed by atoms with Crippen LogP contribution in [0, 0.1) is 0 Å². The van der Waals surface area contributed by atoms with Gasteiger partial charge in [0.25, 0.3) is 0 Å². The van der Waals surface area contributed by atoms with Crippen molar-refractivity contribution in [2.45, 2.75) is 13.0 Å². The van der Waals surface area contributed by atoms with E-state index in [2.05, 4.69) is 9.97 Å². The molecule has 0 fully saturated rings. The number of methoxy groups -OCH3 is 1. The van der Waals surface area contributed by atoms with Gasteiger partial charge in [-0.15, -0.1) is 0 Å². The highest BCUT2D eigenvalue weighted by atomic mass is 16.5. The monoisotopic (exact) mass is 153 g/mol. The van der Waals surface area contributed by atoms with Crippen molar-refractivity contribution in [3.63, 3.8) is 0 Å². The fourth-order valence-electron chi connectivity index (χ4n) is 0.690. The highest BCUT2D eigenvalue weighted by molar-refractivity contribution is 5.09. The minimum atomic E-state index is -0.148. The maximum atomic E-state index is 5.56. The third kappa shape index (κ3) is 1.88. The minimum Gasteiger partial charge on any atom is -0.481 e. The first-order valence-electron chi connectivity index (χ1n) is 3.36. The molecule has 0 aliphatic carbocycles. The summed E-state index contributed by atoms with van der Waals surface area (Å²) in [6, 6.07) is 1.54. The molecule has 0 saturated carbocycles. The first-order chi connectivity index (χ1) is 5.24. The lowest BCUT2D eigenvalue weighted by Crippen LogP contribution is -2.09. The Morgan fingerprint density at radius 3 is 2.91 bits per heavy atom. The highest BCUT2D eigenvalue weighted by Crippen LogP contribution is 2.07. The SMILES string of the molecule is COc1ccnc(C(C)N)n1. The zero-order chi connectivity index (χ0) is 8.27. The zero-order valence-corrected chi connectivity index (χ0v) is 6.61. The van der Waals surface area contributed by atoms with Crippen molar-refractivity contribution in [2.24, 2.45) is 5.73 Å². The van der Waals surface area contributed by atoms with E-state index < -0.39 is 0 Å². The summed E-state index contributed by atoms with van der Waals surface area (Å²) in [5, 5.41) is 0. The van der Waals surface area contributed by atoms with Crippen molar-refractivity contribution in [1.29, 1.82) is 0 Å². The standard InChI is InChI=1S/C7H11N3O/c1-5(8)7-9-4-3-6(10-7)11-2/h3-5H,8H2,1-2H3. The molecule has 1 unspecified atom stereocenters. The molecule has 0 aliphatic rings. The summed E-state index contributed by atoms with van der Waals surface area (Å²) in [5.41, 5.74) is 5.56. The van der Waals surface area contributed by atoms with Gasteiger partial charge in [-0.05, 0) is 6.92 Å². The Bertz CT molecular complexity index is 237. The second-order valence-corrected chi connectivity index (χ2v) is 2.25. The van der Waals surface area contributed by atoms with Gasteiger partial charge in [-0.3, -0.25) is 0 Å². The van der Waals surface area contributed by atoms with E-state index in [4.69, 9.17) is 10.5 Å². The van der Waals surface area contributed by atoms with Crippen molar-refractivity contribution in [2.75, 3.05) is 7.11 Å². The Morgan fingerprint density at radius 2 is 2.36 bits per heavy atom. The molecule has 1 aromatic rings. The van der Waals surface area contributed by atoms with Crippen LogP contribution in [0.5, 0.6) is 5.88 Å². The third-order valence-electron chi connectivity index (χ3n) is 1.27. The van der Waals surface area contributed by atoms with Gasteiger partial charge in [0.1, 0.15) is 5.82 Å². The summed E-state index contributed by atoms with van der Waals surface area (Å²) in [6.07, 6.45) is 1.63. The van der Waals surface area contributed by atoms with Crippen LogP contribution in [0.1, 0.15) is 18.8 Å². The van der Waals surface area contributed by atoms with Gasteiger partial charge in [-0.2, -0.15) is 4.98 Å². The summed E-state index contributed by atoms with van der Waals surface area (Å²) in [6.45, 7) is 1.83. The molecule has 4 nitrogen and oxygen atoms in total. The van der Waals surface area contributed by atoms with Crippen LogP contribution in [-0.4, -0.2) is 17.1 Å². The summed E-state index contributed by atoms with van der Waals surface area (Å²) in [4.78, 5) is 8.00. The number of rotatable bonds is 2. The second kappa shape index (κ2) is 3.30. The topological polar surface area (TPSA) is 61.0 Å². The molecule has 1 atom stereocenters. The minimum absolute atomic E-state index is 0.148. The first kappa shape index (κ1) is 7.94. The Morgan fingerprint density at radius 1 is 1.64 bits per heavy atom. The Balaban J connectivity index is 2.91. The third-order valence-corrected chi connectivity index (χ3v) is 1.27. The van der Waals surface area contributed by atoms with E-state index in [1.165, 1.54) is 0 Å². The number of hydrogen-bond acceptors (Lipinski definition) is 4. The van der Waals surface area contributed by atoms with Crippen LogP contribution in [0.4, 0.5) is 0 Å². The molecule has 1 rings (SSSR count). The van der Waals surface area contributed by atoms with Crippen molar-refractivity contribution >= 4 is 0 Å². The van der Waals surface area contributed by atoms with Gasteiger partial charge >= 0.3 is 0 Å². The molecule has 0 aromatic carbocycles. The summed E-state index contributed by atoms with van der Waals surface area (Å²) in [5.74, 6) is 1.15. The van der Waals surface area contributed by atoms with Crippen molar-refractivity contribution in [3.8, 4) is 5.88 Å². The molecule has 0 bridgehead atoms. The van der Waals surface area contributed by atoms with Crippen LogP contribution in [0.3, 0.4) is 0 Å². The van der Waals surface area contributed by atoms with Crippen molar-refractivity contribution in [1.82, 2.24) is 9.97 Å². The van der Waals surface area contributed by atoms with E-state index in [0.717, 1.165) is 0 Å². The fourth-order valence-corrected chi connectivity index (χ4v) is 0.690. The van der Waals surface area contributed by atoms with Gasteiger partial charge in [0.15, 0.2) is 0 Å². The van der Waals surface area contributed by atoms with E-state index in [0.29, 0.717) is 11.7 Å². The molecular formula is C7H11N3O. The van der Waals surface area contributed by atoms with Crippen LogP contribution in [0.2, 0.25) is 0 Å². The summed E-state index contributed by atoms with van der Waals surface area (Å²) >= 11 is 0. The van der Waals surface area contributed by atoms with Crippen molar-refractivity contribution < 1.29 is 4.74 Å². The second-order valence-electron chi connectivity index (χ2n) is 2.25. The van der Waals surface area contributed by atoms with Gasteiger partial charge in [0.2, 0.25) is 5.88 Å². The van der Waals surface area contributed by atoms with E-state index in [1.807, 2.05) is 6.92 Å². The Labute approximate surface area is 65.4 Å². The van der Waals surface area contributed by atoms with E-state index in [-0.39, 0.29) is 6.04 Å². The molecule has 2 N–H and O–H groups in total. The van der Waals surface area contributed by atoms with Crippen molar-refractivity contribution in [3.05, 3.63) is 18.1 Å². The molecule has 11 heavy (non-hydrogen) atoms. The van der Waals surface area contributed by atoms with Crippen LogP contribution in [-0.2, 0) is 0 Å². The predicted octanol–water partition coefficient (Wildman–Crippen LogP) is 0.505. The molecular weight excluding hydrogens is 142 g/mol. The van der Waals surface area contributed by atoms with Gasteiger partial charge < -0.3 is 10.5 Å². The van der Waals surface area contributed by atoms with Crippen LogP contribution >= 0.6 is 0 Å². The number of aromatic nitrogens is 2. The van der Waals surface area contributed by atoms with E-state index >= 15 is 0 Å². The normalized spacial score (nSPS) is 12.6. The maximum Gasteiger partial charge on any atom is 0.216 e. The van der Waals surface area contributed by atoms with E-state index in [9.17, 15) is 0 Å². The van der Waals surface area contributed by atoms with E-state index in [1.54, 1.807) is 19.4 Å². The molecule has 0 saturated heterocycles. The molecule has 4 heteroatoms. The molecule has 1 aromatic heterocycles. The lowest BCUT2D eigenvalue weighted by atomic mass is 10.3. The Hall–Kier alpha value is -1.16. The van der Waals surface area contributed by atoms with Crippen LogP contribution in [0.15, 0.2) is 12.3 Å². The zero-order valence-electron chi connectivity index (χ0n) is 6.61. The highest BCUT2D eigenvalue weighted by Gasteiger charge is 2.02. The van der Waals surface area contributed by atoms with Gasteiger partial charge in [0.05, 0.1) is 13.2 Å².